The van der Waals surface area contributed by atoms with Gasteiger partial charge in [-0.1, -0.05) is 13.8 Å². The predicted molar refractivity (Wildman–Crippen MR) is 73.3 cm³/mol. The number of hydrogen-bond donors (Lipinski definition) is 1. The van der Waals surface area contributed by atoms with E-state index in [4.69, 9.17) is 19.9 Å². The largest absolute Gasteiger partial charge is 0.496 e. The van der Waals surface area contributed by atoms with Crippen molar-refractivity contribution in [3.8, 4) is 17.2 Å². The maximum atomic E-state index is 12.5. The fourth-order valence-electron chi connectivity index (χ4n) is 1.66. The van der Waals surface area contributed by atoms with Crippen LogP contribution in [0, 0.1) is 5.41 Å². The molecule has 2 N–H and O–H groups in total. The van der Waals surface area contributed by atoms with E-state index < -0.39 is 5.41 Å². The molecule has 0 saturated carbocycles. The zero-order valence-electron chi connectivity index (χ0n) is 12.1. The van der Waals surface area contributed by atoms with Crippen molar-refractivity contribution in [2.45, 2.75) is 13.8 Å². The van der Waals surface area contributed by atoms with Gasteiger partial charge in [-0.2, -0.15) is 0 Å². The molecule has 0 spiro atoms. The van der Waals surface area contributed by atoms with E-state index in [2.05, 4.69) is 0 Å². The molecule has 0 amide bonds. The number of hydrogen-bond acceptors (Lipinski definition) is 5. The van der Waals surface area contributed by atoms with Gasteiger partial charge < -0.3 is 19.9 Å². The van der Waals surface area contributed by atoms with Crippen molar-refractivity contribution in [3.63, 3.8) is 0 Å². The molecule has 5 heteroatoms. The number of carbonyl (C=O) groups excluding carboxylic acids is 1. The highest BCUT2D eigenvalue weighted by Crippen LogP contribution is 2.37. The van der Waals surface area contributed by atoms with Crippen LogP contribution < -0.4 is 19.9 Å². The highest BCUT2D eigenvalue weighted by molar-refractivity contribution is 6.03. The monoisotopic (exact) mass is 267 g/mol. The minimum atomic E-state index is -0.660. The molecule has 0 bridgehead atoms. The normalized spacial score (nSPS) is 11.1. The smallest absolute Gasteiger partial charge is 0.173 e. The summed E-state index contributed by atoms with van der Waals surface area (Å²) in [6.45, 7) is 3.85. The molecular weight excluding hydrogens is 246 g/mol. The lowest BCUT2D eigenvalue weighted by atomic mass is 9.84. The quantitative estimate of drug-likeness (QED) is 0.797. The summed E-state index contributed by atoms with van der Waals surface area (Å²) in [6.07, 6.45) is 0. The first kappa shape index (κ1) is 15.3. The molecule has 0 aliphatic heterocycles. The third kappa shape index (κ3) is 2.98. The molecule has 0 unspecified atom stereocenters. The average molecular weight is 267 g/mol. The van der Waals surface area contributed by atoms with Crippen LogP contribution in [0.3, 0.4) is 0 Å². The molecule has 5 nitrogen and oxygen atoms in total. The lowest BCUT2D eigenvalue weighted by Crippen LogP contribution is -2.33. The molecule has 0 aromatic heterocycles. The molecule has 0 radical (unpaired) electrons. The van der Waals surface area contributed by atoms with E-state index in [1.54, 1.807) is 26.0 Å². The summed E-state index contributed by atoms with van der Waals surface area (Å²) in [7, 11) is 4.56. The summed E-state index contributed by atoms with van der Waals surface area (Å²) in [6, 6.07) is 3.26. The Hall–Kier alpha value is -1.75. The highest BCUT2D eigenvalue weighted by Gasteiger charge is 2.30. The zero-order chi connectivity index (χ0) is 14.6. The fraction of sp³-hybridized carbons (Fsp3) is 0.500. The summed E-state index contributed by atoms with van der Waals surface area (Å²) in [5.74, 6) is 1.36. The molecule has 0 atom stereocenters. The van der Waals surface area contributed by atoms with Gasteiger partial charge in [-0.05, 0) is 6.07 Å². The minimum absolute atomic E-state index is 0.0900. The van der Waals surface area contributed by atoms with Gasteiger partial charge in [0.2, 0.25) is 0 Å². The minimum Gasteiger partial charge on any atom is -0.496 e. The maximum Gasteiger partial charge on any atom is 0.173 e. The molecule has 0 aliphatic rings. The van der Waals surface area contributed by atoms with Crippen molar-refractivity contribution < 1.29 is 19.0 Å². The maximum absolute atomic E-state index is 12.5. The Morgan fingerprint density at radius 1 is 1.05 bits per heavy atom. The number of Topliss-reactive ketones (excluding diaryl/α,β-unsaturated/α-hetero) is 1. The van der Waals surface area contributed by atoms with E-state index in [1.165, 1.54) is 21.3 Å². The summed E-state index contributed by atoms with van der Waals surface area (Å²) in [5, 5.41) is 0. The average Bonchev–Trinajstić information content (AvgIpc) is 2.44. The molecule has 0 aliphatic carbocycles. The van der Waals surface area contributed by atoms with Crippen molar-refractivity contribution in [3.05, 3.63) is 17.7 Å². The van der Waals surface area contributed by atoms with Gasteiger partial charge in [0, 0.05) is 18.0 Å². The summed E-state index contributed by atoms with van der Waals surface area (Å²) >= 11 is 0. The first-order valence-electron chi connectivity index (χ1n) is 5.96. The Morgan fingerprint density at radius 3 is 1.95 bits per heavy atom. The summed E-state index contributed by atoms with van der Waals surface area (Å²) in [5.41, 5.74) is 5.43. The third-order valence-corrected chi connectivity index (χ3v) is 3.08. The summed E-state index contributed by atoms with van der Waals surface area (Å²) < 4.78 is 15.6. The molecule has 0 heterocycles. The number of carbonyl (C=O) groups is 1. The molecule has 19 heavy (non-hydrogen) atoms. The van der Waals surface area contributed by atoms with Gasteiger partial charge in [-0.3, -0.25) is 4.79 Å². The topological polar surface area (TPSA) is 70.8 Å². The van der Waals surface area contributed by atoms with E-state index in [-0.39, 0.29) is 12.3 Å². The van der Waals surface area contributed by atoms with Crippen molar-refractivity contribution in [2.75, 3.05) is 27.9 Å². The Bertz CT molecular complexity index is 469. The van der Waals surface area contributed by atoms with Crippen LogP contribution in [0.1, 0.15) is 24.2 Å². The van der Waals surface area contributed by atoms with Crippen LogP contribution in [0.15, 0.2) is 12.1 Å². The lowest BCUT2D eigenvalue weighted by molar-refractivity contribution is 0.0844. The van der Waals surface area contributed by atoms with Crippen LogP contribution >= 0.6 is 0 Å². The highest BCUT2D eigenvalue weighted by atomic mass is 16.5. The zero-order valence-corrected chi connectivity index (χ0v) is 12.1. The van der Waals surface area contributed by atoms with Crippen LogP contribution in [0.5, 0.6) is 17.2 Å². The number of ether oxygens (including phenoxy) is 3. The SMILES string of the molecule is COc1cc(OC)c(C(=O)C(C)(C)CN)cc1OC. The standard InChI is InChI=1S/C14H21NO4/c1-14(2,8-15)13(16)9-6-11(18-4)12(19-5)7-10(9)17-3/h6-7H,8,15H2,1-5H3. The van der Waals surface area contributed by atoms with Gasteiger partial charge >= 0.3 is 0 Å². The van der Waals surface area contributed by atoms with Gasteiger partial charge in [-0.25, -0.2) is 0 Å². The van der Waals surface area contributed by atoms with Crippen LogP contribution in [0.2, 0.25) is 0 Å². The van der Waals surface area contributed by atoms with E-state index in [9.17, 15) is 4.79 Å². The van der Waals surface area contributed by atoms with Crippen molar-refractivity contribution >= 4 is 5.78 Å². The van der Waals surface area contributed by atoms with Crippen LogP contribution in [-0.4, -0.2) is 33.7 Å². The van der Waals surface area contributed by atoms with Crippen molar-refractivity contribution in [1.82, 2.24) is 0 Å². The van der Waals surface area contributed by atoms with Crippen molar-refractivity contribution in [1.29, 1.82) is 0 Å². The van der Waals surface area contributed by atoms with Gasteiger partial charge in [0.25, 0.3) is 0 Å². The molecule has 1 aromatic rings. The second-order valence-corrected chi connectivity index (χ2v) is 4.82. The van der Waals surface area contributed by atoms with E-state index in [0.717, 1.165) is 0 Å². The Labute approximate surface area is 113 Å². The summed E-state index contributed by atoms with van der Waals surface area (Å²) in [4.78, 5) is 12.5. The van der Waals surface area contributed by atoms with Crippen LogP contribution in [-0.2, 0) is 0 Å². The lowest BCUT2D eigenvalue weighted by Gasteiger charge is -2.22. The predicted octanol–water partition coefficient (Wildman–Crippen LogP) is 1.88. The molecule has 1 aromatic carbocycles. The number of nitrogens with two attached hydrogens (primary N) is 1. The number of rotatable bonds is 6. The van der Waals surface area contributed by atoms with Gasteiger partial charge in [0.05, 0.1) is 26.9 Å². The van der Waals surface area contributed by atoms with Gasteiger partial charge in [0.1, 0.15) is 5.75 Å². The van der Waals surface area contributed by atoms with Gasteiger partial charge in [0.15, 0.2) is 17.3 Å². The molecule has 1 rings (SSSR count). The van der Waals surface area contributed by atoms with E-state index in [1.807, 2.05) is 0 Å². The second kappa shape index (κ2) is 5.93. The van der Waals surface area contributed by atoms with Gasteiger partial charge in [-0.15, -0.1) is 0 Å². The number of methoxy groups -OCH3 is 3. The third-order valence-electron chi connectivity index (χ3n) is 3.08. The molecular formula is C14H21NO4. The van der Waals surface area contributed by atoms with E-state index in [0.29, 0.717) is 22.8 Å². The van der Waals surface area contributed by atoms with E-state index >= 15 is 0 Å². The fourth-order valence-corrected chi connectivity index (χ4v) is 1.66. The Balaban J connectivity index is 3.38. The molecule has 106 valence electrons. The molecule has 0 saturated heterocycles. The second-order valence-electron chi connectivity index (χ2n) is 4.82. The van der Waals surface area contributed by atoms with Crippen LogP contribution in [0.25, 0.3) is 0 Å². The van der Waals surface area contributed by atoms with Crippen LogP contribution in [0.4, 0.5) is 0 Å². The Kier molecular flexibility index (Phi) is 4.78. The number of ketones is 1. The molecule has 0 fully saturated rings. The number of benzene rings is 1. The Morgan fingerprint density at radius 2 is 1.53 bits per heavy atom. The van der Waals surface area contributed by atoms with Crippen molar-refractivity contribution in [2.24, 2.45) is 11.1 Å². The first-order chi connectivity index (χ1) is 8.91. The first-order valence-corrected chi connectivity index (χ1v) is 5.96.